The van der Waals surface area contributed by atoms with Crippen LogP contribution in [-0.4, -0.2) is 17.6 Å². The largest absolute Gasteiger partial charge is 1.00 e. The summed E-state index contributed by atoms with van der Waals surface area (Å²) >= 11 is 4.95. The molecule has 0 radical (unpaired) electrons. The smallest absolute Gasteiger partial charge is 0.550 e. The molecule has 5 heteroatoms. The van der Waals surface area contributed by atoms with Gasteiger partial charge in [0.1, 0.15) is 0 Å². The molecule has 0 rings (SSSR count). The summed E-state index contributed by atoms with van der Waals surface area (Å²) in [6, 6.07) is 0. The first kappa shape index (κ1) is 26.3. The molecule has 0 aliphatic heterocycles. The van der Waals surface area contributed by atoms with E-state index in [-0.39, 0.29) is 42.4 Å². The van der Waals surface area contributed by atoms with Crippen LogP contribution in [-0.2, 0) is 9.53 Å². The molecular weight excluding hydrogens is 331 g/mol. The maximum atomic E-state index is 10.3. The third kappa shape index (κ3) is 22.1. The molecule has 0 amide bonds. The first-order chi connectivity index (χ1) is 11.2. The van der Waals surface area contributed by atoms with Crippen molar-refractivity contribution < 1.29 is 44.2 Å². The second kappa shape index (κ2) is 21.1. The van der Waals surface area contributed by atoms with Gasteiger partial charge in [-0.3, -0.25) is 0 Å². The van der Waals surface area contributed by atoms with Crippen LogP contribution >= 0.6 is 12.2 Å². The van der Waals surface area contributed by atoms with Crippen LogP contribution in [0.25, 0.3) is 0 Å². The van der Waals surface area contributed by atoms with Gasteiger partial charge in [-0.15, -0.1) is 6.58 Å². The van der Waals surface area contributed by atoms with Gasteiger partial charge in [0.15, 0.2) is 5.05 Å². The Balaban J connectivity index is 0. The van der Waals surface area contributed by atoms with Gasteiger partial charge in [0.25, 0.3) is 0 Å². The Morgan fingerprint density at radius 3 is 1.79 bits per heavy atom. The summed E-state index contributed by atoms with van der Waals surface area (Å²) in [5, 5.41) is 10.7. The number of allylic oxidation sites excluding steroid dienone is 1. The zero-order valence-corrected chi connectivity index (χ0v) is 18.3. The molecule has 0 heterocycles. The normalized spacial score (nSPS) is 10.0. The number of aliphatic carboxylic acids is 1. The van der Waals surface area contributed by atoms with E-state index in [4.69, 9.17) is 17.0 Å². The van der Waals surface area contributed by atoms with Crippen LogP contribution in [0, 0.1) is 0 Å². The van der Waals surface area contributed by atoms with Crippen LogP contribution in [0.3, 0.4) is 0 Å². The number of carboxylic acids is 1. The van der Waals surface area contributed by atoms with E-state index >= 15 is 0 Å². The van der Waals surface area contributed by atoms with Crippen molar-refractivity contribution in [1.82, 2.24) is 0 Å². The number of hydrogen-bond donors (Lipinski definition) is 0. The van der Waals surface area contributed by atoms with Crippen molar-refractivity contribution in [2.24, 2.45) is 0 Å². The van der Waals surface area contributed by atoms with E-state index in [0.29, 0.717) is 11.7 Å². The van der Waals surface area contributed by atoms with Crippen molar-refractivity contribution >= 4 is 23.2 Å². The van der Waals surface area contributed by atoms with Gasteiger partial charge >= 0.3 is 29.6 Å². The summed E-state index contributed by atoms with van der Waals surface area (Å²) in [5.41, 5.74) is 0. The Morgan fingerprint density at radius 1 is 0.875 bits per heavy atom. The fourth-order valence-electron chi connectivity index (χ4n) is 2.44. The molecule has 24 heavy (non-hydrogen) atoms. The average Bonchev–Trinajstić information content (AvgIpc) is 2.53. The predicted octanol–water partition coefficient (Wildman–Crippen LogP) is 1.73. The quantitative estimate of drug-likeness (QED) is 0.171. The van der Waals surface area contributed by atoms with E-state index in [1.54, 1.807) is 0 Å². The Bertz CT molecular complexity index is 322. The van der Waals surface area contributed by atoms with E-state index in [1.165, 1.54) is 57.8 Å². The summed E-state index contributed by atoms with van der Waals surface area (Å²) < 4.78 is 5.33. The van der Waals surface area contributed by atoms with Crippen molar-refractivity contribution in [3.63, 3.8) is 0 Å². The number of carbonyl (C=O) groups is 1. The minimum Gasteiger partial charge on any atom is -0.550 e. The number of carboxylic acid groups (broad SMARTS) is 1. The van der Waals surface area contributed by atoms with Crippen LogP contribution in [0.5, 0.6) is 0 Å². The second-order valence-corrected chi connectivity index (χ2v) is 6.51. The van der Waals surface area contributed by atoms with Crippen molar-refractivity contribution in [3.05, 3.63) is 12.7 Å². The Kier molecular flexibility index (Phi) is 23.2. The molecule has 0 saturated carbocycles. The maximum Gasteiger partial charge on any atom is 1.00 e. The number of unbranched alkanes of at least 4 members (excludes halogenated alkanes) is 11. The Labute approximate surface area is 175 Å². The van der Waals surface area contributed by atoms with E-state index in [9.17, 15) is 9.90 Å². The van der Waals surface area contributed by atoms with E-state index in [0.717, 1.165) is 19.3 Å². The van der Waals surface area contributed by atoms with Crippen molar-refractivity contribution in [1.29, 1.82) is 0 Å². The summed E-state index contributed by atoms with van der Waals surface area (Å²) in [7, 11) is 0. The van der Waals surface area contributed by atoms with Crippen LogP contribution in [0.15, 0.2) is 12.7 Å². The molecule has 0 atom stereocenters. The molecule has 0 aromatic heterocycles. The van der Waals surface area contributed by atoms with Gasteiger partial charge in [0.05, 0.1) is 6.61 Å². The third-order valence-electron chi connectivity index (χ3n) is 3.85. The van der Waals surface area contributed by atoms with E-state index in [2.05, 4.69) is 6.58 Å². The molecule has 0 N–H and O–H groups in total. The first-order valence-corrected chi connectivity index (χ1v) is 9.54. The molecule has 0 saturated heterocycles. The van der Waals surface area contributed by atoms with Gasteiger partial charge < -0.3 is 14.6 Å². The number of ether oxygens (including phenoxy) is 1. The Morgan fingerprint density at radius 2 is 1.33 bits per heavy atom. The van der Waals surface area contributed by atoms with Crippen molar-refractivity contribution in [2.45, 2.75) is 89.9 Å². The van der Waals surface area contributed by atoms with Gasteiger partial charge in [-0.25, -0.2) is 0 Å². The minimum absolute atomic E-state index is 0. The number of rotatable bonds is 17. The molecule has 0 fully saturated rings. The van der Waals surface area contributed by atoms with Crippen LogP contribution in [0.1, 0.15) is 89.9 Å². The molecule has 134 valence electrons. The van der Waals surface area contributed by atoms with Gasteiger partial charge in [-0.2, -0.15) is 0 Å². The number of hydrogen-bond acceptors (Lipinski definition) is 4. The molecule has 0 aromatic carbocycles. The van der Waals surface area contributed by atoms with Crippen LogP contribution < -0.4 is 34.7 Å². The van der Waals surface area contributed by atoms with E-state index in [1.807, 2.05) is 6.08 Å². The summed E-state index contributed by atoms with van der Waals surface area (Å²) in [6.07, 6.45) is 17.5. The zero-order chi connectivity index (χ0) is 17.2. The van der Waals surface area contributed by atoms with Gasteiger partial charge in [0.2, 0.25) is 0 Å². The van der Waals surface area contributed by atoms with Crippen LogP contribution in [0.2, 0.25) is 0 Å². The number of thiocarbonyl (C=S) groups is 1. The first-order valence-electron chi connectivity index (χ1n) is 9.13. The third-order valence-corrected chi connectivity index (χ3v) is 4.17. The fraction of sp³-hybridized carbons (Fsp3) is 0.789. The molecule has 0 aliphatic carbocycles. The van der Waals surface area contributed by atoms with E-state index < -0.39 is 5.97 Å². The van der Waals surface area contributed by atoms with Gasteiger partial charge in [-0.1, -0.05) is 63.9 Å². The molecule has 0 aromatic rings. The van der Waals surface area contributed by atoms with Gasteiger partial charge in [-0.05, 0) is 37.9 Å². The topological polar surface area (TPSA) is 49.4 Å². The Hall–Kier alpha value is 0.1000. The van der Waals surface area contributed by atoms with Crippen LogP contribution in [0.4, 0.5) is 0 Å². The monoisotopic (exact) mass is 364 g/mol. The summed E-state index contributed by atoms with van der Waals surface area (Å²) in [4.78, 5) is 10.3. The van der Waals surface area contributed by atoms with Gasteiger partial charge in [0, 0.05) is 12.4 Å². The summed E-state index contributed by atoms with van der Waals surface area (Å²) in [6.45, 7) is 4.35. The SMILES string of the molecule is C=CCCCCCCCCCCCCCOC(=S)CCC(=O)[O-].[Na+]. The van der Waals surface area contributed by atoms with Crippen molar-refractivity contribution in [2.75, 3.05) is 6.61 Å². The maximum absolute atomic E-state index is 10.3. The minimum atomic E-state index is -1.08. The molecule has 0 unspecified atom stereocenters. The fourth-order valence-corrected chi connectivity index (χ4v) is 2.63. The summed E-state index contributed by atoms with van der Waals surface area (Å²) in [5.74, 6) is -1.08. The average molecular weight is 365 g/mol. The molecule has 0 spiro atoms. The molecule has 0 bridgehead atoms. The second-order valence-electron chi connectivity index (χ2n) is 6.06. The molecule has 3 nitrogen and oxygen atoms in total. The molecule has 0 aliphatic rings. The zero-order valence-electron chi connectivity index (χ0n) is 15.5. The number of carbonyl (C=O) groups excluding carboxylic acids is 1. The van der Waals surface area contributed by atoms with Crippen molar-refractivity contribution in [3.8, 4) is 0 Å². The molecular formula is C19H33NaO3S. The predicted molar refractivity (Wildman–Crippen MR) is 98.4 cm³/mol. The standard InChI is InChI=1S/C19H34O3S.Na/c1-2-3-4-5-6-7-8-9-10-11-12-13-14-17-22-19(23)16-15-18(20)21;/h2H,1,3-17H2,(H,20,21);/q;+1/p-1.